The van der Waals surface area contributed by atoms with E-state index < -0.39 is 25.1 Å². The molecule has 42 heavy (non-hydrogen) atoms. The zero-order valence-electron chi connectivity index (χ0n) is 29.3. The lowest BCUT2D eigenvalue weighted by molar-refractivity contribution is -0.884. The molecule has 0 aromatic rings. The Morgan fingerprint density at radius 1 is 0.714 bits per heavy atom. The molecule has 0 aromatic carbocycles. The number of hydrogen-bond acceptors (Lipinski definition) is 5. The van der Waals surface area contributed by atoms with Crippen LogP contribution in [0.4, 0.5) is 0 Å². The van der Waals surface area contributed by atoms with Crippen LogP contribution >= 0.6 is 7.60 Å². The molecule has 0 radical (unpaired) electrons. The Morgan fingerprint density at radius 3 is 1.60 bits per heavy atom. The average molecular weight is 618 g/mol. The van der Waals surface area contributed by atoms with Crippen LogP contribution in [-0.4, -0.2) is 62.9 Å². The van der Waals surface area contributed by atoms with E-state index in [9.17, 15) is 9.46 Å². The third-order valence-corrected chi connectivity index (χ3v) is 9.99. The molecular weight excluding hydrogens is 545 g/mol. The molecule has 0 amide bonds. The van der Waals surface area contributed by atoms with Crippen LogP contribution in [0.25, 0.3) is 0 Å². The first-order valence-electron chi connectivity index (χ1n) is 17.5. The van der Waals surface area contributed by atoms with Gasteiger partial charge in [-0.15, -0.1) is 0 Å². The molecule has 0 bridgehead atoms. The normalized spacial score (nSPS) is 15.7. The van der Waals surface area contributed by atoms with E-state index >= 15 is 0 Å². The number of allylic oxidation sites excluding steroid dienone is 2. The number of unbranched alkanes of at least 4 members (excludes halogenated alkanes) is 16. The molecule has 0 aliphatic heterocycles. The van der Waals surface area contributed by atoms with E-state index in [2.05, 4.69) is 19.1 Å². The van der Waals surface area contributed by atoms with Crippen LogP contribution in [0.15, 0.2) is 12.2 Å². The summed E-state index contributed by atoms with van der Waals surface area (Å²) in [6.07, 6.45) is 28.6. The Hall–Kier alpha value is -0.230. The highest BCUT2D eigenvalue weighted by Gasteiger charge is 2.34. The van der Waals surface area contributed by atoms with E-state index in [1.54, 1.807) is 0 Å². The largest absolute Gasteiger partial charge is 0.774 e. The van der Waals surface area contributed by atoms with Gasteiger partial charge in [0.15, 0.2) is 13.4 Å². The van der Waals surface area contributed by atoms with Gasteiger partial charge in [0, 0.05) is 13.0 Å². The van der Waals surface area contributed by atoms with E-state index in [0.29, 0.717) is 24.1 Å². The first-order valence-corrected chi connectivity index (χ1v) is 19.1. The fraction of sp³-hybridized carbons (Fsp3) is 0.943. The molecule has 0 fully saturated rings. The molecule has 0 saturated heterocycles. The molecule has 0 spiro atoms. The van der Waals surface area contributed by atoms with Crippen LogP contribution < -0.4 is 4.89 Å². The maximum atomic E-state index is 12.8. The predicted octanol–water partition coefficient (Wildman–Crippen LogP) is 9.80. The summed E-state index contributed by atoms with van der Waals surface area (Å²) in [4.78, 5) is 12.8. The van der Waals surface area contributed by atoms with Crippen molar-refractivity contribution in [3.8, 4) is 0 Å². The van der Waals surface area contributed by atoms with Crippen LogP contribution in [0.3, 0.4) is 0 Å². The Kier molecular flexibility index (Phi) is 24.9. The van der Waals surface area contributed by atoms with Gasteiger partial charge in [-0.1, -0.05) is 109 Å². The highest BCUT2D eigenvalue weighted by Crippen LogP contribution is 2.47. The lowest BCUT2D eigenvalue weighted by Crippen LogP contribution is -2.47. The minimum Gasteiger partial charge on any atom is -0.774 e. The number of nitrogens with zero attached hydrogens (tertiary/aromatic N) is 1. The smallest absolute Gasteiger partial charge is 0.193 e. The molecule has 252 valence electrons. The summed E-state index contributed by atoms with van der Waals surface area (Å²) in [7, 11) is 1.60. The SMILES string of the molecule is CCCCCCCCCCC/C=C\CCCCCCCCCOC[C@H](COP(=O)([O-])C(CC)[N+](C)(C)C)OC(C)(C)C. The van der Waals surface area contributed by atoms with Crippen molar-refractivity contribution in [2.24, 2.45) is 0 Å². The second-order valence-electron chi connectivity index (χ2n) is 14.1. The Labute approximate surface area is 262 Å². The molecule has 2 unspecified atom stereocenters. The summed E-state index contributed by atoms with van der Waals surface area (Å²) < 4.78 is 30.6. The first kappa shape index (κ1) is 41.8. The lowest BCUT2D eigenvalue weighted by Gasteiger charge is -2.41. The monoisotopic (exact) mass is 618 g/mol. The maximum absolute atomic E-state index is 12.8. The van der Waals surface area contributed by atoms with Crippen molar-refractivity contribution in [2.75, 3.05) is 41.0 Å². The highest BCUT2D eigenvalue weighted by atomic mass is 31.2. The fourth-order valence-corrected chi connectivity index (χ4v) is 7.30. The second-order valence-corrected chi connectivity index (χ2v) is 16.1. The van der Waals surface area contributed by atoms with Crippen LogP contribution in [0.2, 0.25) is 0 Å². The molecule has 3 atom stereocenters. The van der Waals surface area contributed by atoms with E-state index in [0.717, 1.165) is 12.8 Å². The van der Waals surface area contributed by atoms with Crippen molar-refractivity contribution in [2.45, 2.75) is 174 Å². The van der Waals surface area contributed by atoms with Gasteiger partial charge in [0.2, 0.25) is 0 Å². The van der Waals surface area contributed by atoms with Crippen molar-refractivity contribution >= 4 is 7.60 Å². The number of rotatable bonds is 29. The quantitative estimate of drug-likeness (QED) is 0.0362. The lowest BCUT2D eigenvalue weighted by atomic mass is 10.1. The van der Waals surface area contributed by atoms with Crippen molar-refractivity contribution in [1.82, 2.24) is 0 Å². The molecule has 0 N–H and O–H groups in total. The van der Waals surface area contributed by atoms with Crippen molar-refractivity contribution in [3.63, 3.8) is 0 Å². The summed E-state index contributed by atoms with van der Waals surface area (Å²) in [5.41, 5.74) is -0.406. The molecule has 0 aromatic heterocycles. The second kappa shape index (κ2) is 25.0. The van der Waals surface area contributed by atoms with Crippen LogP contribution in [0.1, 0.15) is 157 Å². The van der Waals surface area contributed by atoms with Crippen LogP contribution in [0.5, 0.6) is 0 Å². The summed E-state index contributed by atoms with van der Waals surface area (Å²) >= 11 is 0. The van der Waals surface area contributed by atoms with Crippen LogP contribution in [-0.2, 0) is 18.6 Å². The zero-order chi connectivity index (χ0) is 31.7. The zero-order valence-corrected chi connectivity index (χ0v) is 30.2. The topological polar surface area (TPSA) is 67.8 Å². The third kappa shape index (κ3) is 25.1. The fourth-order valence-electron chi connectivity index (χ4n) is 5.46. The van der Waals surface area contributed by atoms with Crippen molar-refractivity contribution in [1.29, 1.82) is 0 Å². The van der Waals surface area contributed by atoms with Crippen LogP contribution in [0, 0.1) is 0 Å². The Balaban J connectivity index is 3.86. The van der Waals surface area contributed by atoms with Crippen molar-refractivity contribution in [3.05, 3.63) is 12.2 Å². The Morgan fingerprint density at radius 2 is 1.17 bits per heavy atom. The number of ether oxygens (including phenoxy) is 2. The average Bonchev–Trinajstić information content (AvgIpc) is 2.88. The van der Waals surface area contributed by atoms with Gasteiger partial charge in [0.25, 0.3) is 0 Å². The third-order valence-electron chi connectivity index (χ3n) is 7.69. The molecule has 6 nitrogen and oxygen atoms in total. The minimum atomic E-state index is -4.04. The Bertz CT molecular complexity index is 686. The van der Waals surface area contributed by atoms with E-state index in [1.165, 1.54) is 103 Å². The maximum Gasteiger partial charge on any atom is 0.193 e. The van der Waals surface area contributed by atoms with Crippen molar-refractivity contribution < 1.29 is 27.9 Å². The molecule has 0 aliphatic carbocycles. The van der Waals surface area contributed by atoms with E-state index in [4.69, 9.17) is 14.0 Å². The molecular formula is C35H72NO5P. The van der Waals surface area contributed by atoms with E-state index in [-0.39, 0.29) is 6.61 Å². The predicted molar refractivity (Wildman–Crippen MR) is 179 cm³/mol. The molecule has 7 heteroatoms. The van der Waals surface area contributed by atoms with Gasteiger partial charge in [-0.25, -0.2) is 0 Å². The van der Waals surface area contributed by atoms with Gasteiger partial charge in [0.05, 0.1) is 40.0 Å². The van der Waals surface area contributed by atoms with Gasteiger partial charge in [-0.3, -0.25) is 0 Å². The van der Waals surface area contributed by atoms with Gasteiger partial charge >= 0.3 is 0 Å². The van der Waals surface area contributed by atoms with Gasteiger partial charge in [0.1, 0.15) is 6.10 Å². The molecule has 0 rings (SSSR count). The summed E-state index contributed by atoms with van der Waals surface area (Å²) in [5.74, 6) is -0.584. The first-order chi connectivity index (χ1) is 19.8. The molecule has 0 saturated carbocycles. The van der Waals surface area contributed by atoms with Gasteiger partial charge in [-0.2, -0.15) is 0 Å². The summed E-state index contributed by atoms with van der Waals surface area (Å²) in [6.45, 7) is 11.1. The summed E-state index contributed by atoms with van der Waals surface area (Å²) in [5, 5.41) is 0. The summed E-state index contributed by atoms with van der Waals surface area (Å²) in [6, 6.07) is 0. The molecule has 0 aliphatic rings. The minimum absolute atomic E-state index is 0.0109. The van der Waals surface area contributed by atoms with Gasteiger partial charge < -0.3 is 27.9 Å². The molecule has 0 heterocycles. The van der Waals surface area contributed by atoms with E-state index in [1.807, 2.05) is 48.8 Å². The number of quaternary nitrogens is 1. The standard InChI is InChI=1S/C35H72NO5P/c1-9-11-12-13-14-15-16-17-18-19-20-21-22-23-24-25-26-27-28-29-30-39-31-33(41-35(3,4)5)32-40-42(37,38)34(10-2)36(6,7)8/h20-21,33-34H,9-19,22-32H2,1-8H3/b21-20-/t33-,34?/m1/s1. The number of hydrogen-bond donors (Lipinski definition) is 0. The highest BCUT2D eigenvalue weighted by molar-refractivity contribution is 7.51. The van der Waals surface area contributed by atoms with Gasteiger partial charge in [-0.05, 0) is 52.9 Å².